The summed E-state index contributed by atoms with van der Waals surface area (Å²) < 4.78 is 18.3. The second-order valence-electron chi connectivity index (χ2n) is 2.72. The maximum atomic E-state index is 13.0. The van der Waals surface area contributed by atoms with Crippen molar-refractivity contribution in [2.24, 2.45) is 0 Å². The highest BCUT2D eigenvalue weighted by molar-refractivity contribution is 7.09. The van der Waals surface area contributed by atoms with Gasteiger partial charge in [-0.2, -0.15) is 0 Å². The van der Waals surface area contributed by atoms with E-state index < -0.39 is 5.82 Å². The van der Waals surface area contributed by atoms with E-state index in [1.165, 1.54) is 6.07 Å². The van der Waals surface area contributed by atoms with Crippen molar-refractivity contribution in [2.45, 2.75) is 6.61 Å². The molecule has 0 atom stereocenters. The van der Waals surface area contributed by atoms with Crippen molar-refractivity contribution < 1.29 is 9.13 Å². The Morgan fingerprint density at radius 1 is 1.36 bits per heavy atom. The number of hydrogen-bond acceptors (Lipinski definition) is 2. The van der Waals surface area contributed by atoms with Gasteiger partial charge in [-0.3, -0.25) is 0 Å². The van der Waals surface area contributed by atoms with Crippen molar-refractivity contribution in [3.63, 3.8) is 0 Å². The van der Waals surface area contributed by atoms with Gasteiger partial charge in [0.1, 0.15) is 6.61 Å². The fourth-order valence-electron chi connectivity index (χ4n) is 1.06. The quantitative estimate of drug-likeness (QED) is 0.750. The van der Waals surface area contributed by atoms with Gasteiger partial charge in [0.15, 0.2) is 11.6 Å². The highest BCUT2D eigenvalue weighted by atomic mass is 32.1. The summed E-state index contributed by atoms with van der Waals surface area (Å²) in [6.45, 7) is 0.409. The van der Waals surface area contributed by atoms with Gasteiger partial charge in [-0.25, -0.2) is 4.39 Å². The van der Waals surface area contributed by atoms with Gasteiger partial charge in [0.05, 0.1) is 0 Å². The third kappa shape index (κ3) is 2.12. The van der Waals surface area contributed by atoms with Crippen molar-refractivity contribution >= 4 is 11.3 Å². The molecule has 0 saturated heterocycles. The molecule has 0 N–H and O–H groups in total. The highest BCUT2D eigenvalue weighted by Crippen LogP contribution is 2.18. The van der Waals surface area contributed by atoms with Crippen molar-refractivity contribution in [2.75, 3.05) is 0 Å². The summed E-state index contributed by atoms with van der Waals surface area (Å²) in [4.78, 5) is 1.08. The summed E-state index contributed by atoms with van der Waals surface area (Å²) in [6, 6.07) is 11.2. The van der Waals surface area contributed by atoms with Gasteiger partial charge in [-0.15, -0.1) is 11.3 Å². The molecule has 0 saturated carbocycles. The fourth-order valence-corrected chi connectivity index (χ4v) is 1.67. The van der Waals surface area contributed by atoms with Gasteiger partial charge < -0.3 is 4.74 Å². The van der Waals surface area contributed by atoms with Gasteiger partial charge in [0, 0.05) is 10.9 Å². The third-order valence-electron chi connectivity index (χ3n) is 1.72. The zero-order valence-corrected chi connectivity index (χ0v) is 8.18. The minimum absolute atomic E-state index is 0.251. The summed E-state index contributed by atoms with van der Waals surface area (Å²) in [7, 11) is 0. The molecule has 0 amide bonds. The van der Waals surface area contributed by atoms with Crippen molar-refractivity contribution in [3.8, 4) is 5.75 Å². The summed E-state index contributed by atoms with van der Waals surface area (Å²) in [5.74, 6) is -0.190. The average Bonchev–Trinajstić information content (AvgIpc) is 2.69. The Morgan fingerprint density at radius 3 is 3.00 bits per heavy atom. The Hall–Kier alpha value is -1.35. The number of rotatable bonds is 3. The van der Waals surface area contributed by atoms with Crippen molar-refractivity contribution in [1.82, 2.24) is 0 Å². The van der Waals surface area contributed by atoms with E-state index in [4.69, 9.17) is 4.74 Å². The van der Waals surface area contributed by atoms with Crippen molar-refractivity contribution in [3.05, 3.63) is 52.5 Å². The lowest BCUT2D eigenvalue weighted by atomic mass is 10.3. The van der Waals surface area contributed by atoms with Crippen LogP contribution in [0.4, 0.5) is 4.39 Å². The molecule has 0 spiro atoms. The van der Waals surface area contributed by atoms with Crippen LogP contribution in [0, 0.1) is 11.9 Å². The first kappa shape index (κ1) is 9.21. The van der Waals surface area contributed by atoms with Gasteiger partial charge in [0.2, 0.25) is 0 Å². The number of thiophene rings is 1. The minimum atomic E-state index is -0.441. The molecule has 1 aromatic carbocycles. The lowest BCUT2D eigenvalue weighted by Gasteiger charge is -2.04. The molecule has 0 fully saturated rings. The smallest absolute Gasteiger partial charge is 0.172 e. The molecule has 1 aromatic heterocycles. The van der Waals surface area contributed by atoms with Crippen LogP contribution in [0.2, 0.25) is 0 Å². The molecular formula is C11H8FOS. The first-order chi connectivity index (χ1) is 6.86. The summed E-state index contributed by atoms with van der Waals surface area (Å²) in [5.41, 5.74) is 0. The van der Waals surface area contributed by atoms with Crippen LogP contribution in [0.3, 0.4) is 0 Å². The Bertz CT molecular complexity index is 397. The van der Waals surface area contributed by atoms with E-state index in [0.717, 1.165) is 4.88 Å². The second-order valence-corrected chi connectivity index (χ2v) is 3.75. The van der Waals surface area contributed by atoms with Crippen molar-refractivity contribution in [1.29, 1.82) is 0 Å². The number of benzene rings is 1. The van der Waals surface area contributed by atoms with E-state index in [-0.39, 0.29) is 5.75 Å². The Morgan fingerprint density at radius 2 is 2.29 bits per heavy atom. The van der Waals surface area contributed by atoms with E-state index in [1.807, 2.05) is 17.5 Å². The largest absolute Gasteiger partial charge is 0.485 e. The number of ether oxygens (including phenoxy) is 1. The van der Waals surface area contributed by atoms with Crippen LogP contribution in [0.1, 0.15) is 4.88 Å². The average molecular weight is 207 g/mol. The lowest BCUT2D eigenvalue weighted by Crippen LogP contribution is -1.94. The zero-order chi connectivity index (χ0) is 9.80. The maximum absolute atomic E-state index is 13.0. The predicted octanol–water partition coefficient (Wildman–Crippen LogP) is 3.27. The molecule has 0 aliphatic carbocycles. The topological polar surface area (TPSA) is 9.23 Å². The highest BCUT2D eigenvalue weighted by Gasteiger charge is 2.02. The molecule has 1 nitrogen and oxygen atoms in total. The molecule has 2 rings (SSSR count). The predicted molar refractivity (Wildman–Crippen MR) is 53.9 cm³/mol. The number of halogens is 1. The zero-order valence-electron chi connectivity index (χ0n) is 7.37. The fraction of sp³-hybridized carbons (Fsp3) is 0.0909. The van der Waals surface area contributed by atoms with Gasteiger partial charge >= 0.3 is 0 Å². The van der Waals surface area contributed by atoms with E-state index in [2.05, 4.69) is 6.07 Å². The first-order valence-corrected chi connectivity index (χ1v) is 5.05. The summed E-state index contributed by atoms with van der Waals surface area (Å²) >= 11 is 1.59. The monoisotopic (exact) mass is 207 g/mol. The van der Waals surface area contributed by atoms with Gasteiger partial charge in [0.25, 0.3) is 0 Å². The Labute approximate surface area is 85.8 Å². The van der Waals surface area contributed by atoms with Gasteiger partial charge in [-0.1, -0.05) is 18.2 Å². The molecule has 0 aliphatic rings. The normalized spacial score (nSPS) is 10.1. The van der Waals surface area contributed by atoms with E-state index in [9.17, 15) is 4.39 Å². The third-order valence-corrected chi connectivity index (χ3v) is 2.57. The van der Waals surface area contributed by atoms with Crippen LogP contribution < -0.4 is 4.74 Å². The molecule has 0 unspecified atom stereocenters. The first-order valence-electron chi connectivity index (χ1n) is 4.17. The second kappa shape index (κ2) is 4.24. The lowest BCUT2D eigenvalue weighted by molar-refractivity contribution is 0.293. The maximum Gasteiger partial charge on any atom is 0.172 e. The molecule has 3 heteroatoms. The van der Waals surface area contributed by atoms with E-state index in [1.54, 1.807) is 23.5 Å². The molecule has 14 heavy (non-hydrogen) atoms. The molecule has 71 valence electrons. The van der Waals surface area contributed by atoms with E-state index >= 15 is 0 Å². The summed E-state index contributed by atoms with van der Waals surface area (Å²) in [5, 5.41) is 1.96. The molecule has 2 aromatic rings. The van der Waals surface area contributed by atoms with Crippen LogP contribution in [0.5, 0.6) is 5.75 Å². The van der Waals surface area contributed by atoms with Crippen LogP contribution in [0.25, 0.3) is 0 Å². The number of hydrogen-bond donors (Lipinski definition) is 0. The van der Waals surface area contributed by atoms with Crippen LogP contribution in [-0.4, -0.2) is 0 Å². The van der Waals surface area contributed by atoms with Gasteiger partial charge in [-0.05, 0) is 17.5 Å². The Balaban J connectivity index is 2.02. The molecule has 0 bridgehead atoms. The van der Waals surface area contributed by atoms with Crippen LogP contribution in [-0.2, 0) is 6.61 Å². The standard InChI is InChI=1S/C11H8FOS/c12-10-5-1-2-6-11(10)13-8-9-4-3-7-14-9/h1-4,6-7H,8H2. The molecule has 0 aliphatic heterocycles. The van der Waals surface area contributed by atoms with E-state index in [0.29, 0.717) is 6.61 Å². The van der Waals surface area contributed by atoms with Crippen LogP contribution >= 0.6 is 11.3 Å². The molecule has 1 radical (unpaired) electrons. The SMILES string of the molecule is Fc1[c]cccc1OCc1cccs1. The minimum Gasteiger partial charge on any atom is -0.485 e. The van der Waals surface area contributed by atoms with Crippen LogP contribution in [0.15, 0.2) is 35.7 Å². The Kier molecular flexibility index (Phi) is 2.79. The summed E-state index contributed by atoms with van der Waals surface area (Å²) in [6.07, 6.45) is 0. The molecular weight excluding hydrogens is 199 g/mol. The molecule has 1 heterocycles.